The molecule has 0 unspecified atom stereocenters. The molecule has 2 N–H and O–H groups in total. The summed E-state index contributed by atoms with van der Waals surface area (Å²) in [6.07, 6.45) is 1.08. The molecule has 0 atom stereocenters. The largest absolute Gasteiger partial charge is 0.411 e. The van der Waals surface area contributed by atoms with Crippen molar-refractivity contribution in [1.82, 2.24) is 4.72 Å². The Morgan fingerprint density at radius 2 is 2.38 bits per heavy atom. The zero-order valence-electron chi connectivity index (χ0n) is 6.76. The summed E-state index contributed by atoms with van der Waals surface area (Å²) in [6.45, 7) is 0. The van der Waals surface area contributed by atoms with E-state index < -0.39 is 10.0 Å². The minimum atomic E-state index is -3.44. The summed E-state index contributed by atoms with van der Waals surface area (Å²) < 4.78 is 25.0. The minimum Gasteiger partial charge on any atom is -0.411 e. The van der Waals surface area contributed by atoms with Gasteiger partial charge in [-0.2, -0.15) is 0 Å². The van der Waals surface area contributed by atoms with E-state index in [1.54, 1.807) is 11.4 Å². The van der Waals surface area contributed by atoms with Gasteiger partial charge in [0.15, 0.2) is 0 Å². The number of thiophene rings is 1. The molecule has 0 spiro atoms. The minimum absolute atomic E-state index is 0.146. The first kappa shape index (κ1) is 10.2. The Labute approximate surface area is 79.8 Å². The van der Waals surface area contributed by atoms with Crippen LogP contribution in [0.5, 0.6) is 0 Å². The predicted molar refractivity (Wildman–Crippen MR) is 49.9 cm³/mol. The Morgan fingerprint density at radius 3 is 2.92 bits per heavy atom. The first-order valence-corrected chi connectivity index (χ1v) is 5.66. The van der Waals surface area contributed by atoms with Crippen LogP contribution in [0.3, 0.4) is 0 Å². The molecule has 0 saturated carbocycles. The number of oxime groups is 1. The quantitative estimate of drug-likeness (QED) is 0.441. The van der Waals surface area contributed by atoms with Crippen molar-refractivity contribution in [2.45, 2.75) is 4.21 Å². The van der Waals surface area contributed by atoms with Gasteiger partial charge in [0.25, 0.3) is 0 Å². The Balaban J connectivity index is 3.23. The fourth-order valence-corrected chi connectivity index (χ4v) is 2.91. The average Bonchev–Trinajstić information content (AvgIpc) is 2.54. The second-order valence-corrected chi connectivity index (χ2v) is 5.11. The van der Waals surface area contributed by atoms with Crippen molar-refractivity contribution in [2.75, 3.05) is 7.05 Å². The number of sulfonamides is 1. The smallest absolute Gasteiger partial charge is 0.250 e. The molecule has 0 aliphatic heterocycles. The first-order valence-electron chi connectivity index (χ1n) is 3.30. The van der Waals surface area contributed by atoms with E-state index in [0.29, 0.717) is 5.56 Å². The van der Waals surface area contributed by atoms with E-state index in [1.807, 2.05) is 0 Å². The van der Waals surface area contributed by atoms with Crippen molar-refractivity contribution in [1.29, 1.82) is 0 Å². The molecule has 1 aromatic rings. The predicted octanol–water partition coefficient (Wildman–Crippen LogP) is 0.464. The van der Waals surface area contributed by atoms with Gasteiger partial charge < -0.3 is 5.21 Å². The van der Waals surface area contributed by atoms with Crippen LogP contribution in [0.4, 0.5) is 0 Å². The lowest BCUT2D eigenvalue weighted by Crippen LogP contribution is -2.18. The van der Waals surface area contributed by atoms with E-state index >= 15 is 0 Å². The highest BCUT2D eigenvalue weighted by molar-refractivity contribution is 7.91. The molecule has 0 aliphatic carbocycles. The molecule has 1 heterocycles. The lowest BCUT2D eigenvalue weighted by molar-refractivity contribution is 0.322. The maximum Gasteiger partial charge on any atom is 0.250 e. The molecule has 0 saturated heterocycles. The van der Waals surface area contributed by atoms with E-state index in [4.69, 9.17) is 5.21 Å². The van der Waals surface area contributed by atoms with E-state index in [9.17, 15) is 8.42 Å². The van der Waals surface area contributed by atoms with E-state index in [1.165, 1.54) is 7.05 Å². The third kappa shape index (κ3) is 2.06. The third-order valence-electron chi connectivity index (χ3n) is 1.37. The number of hydrogen-bond acceptors (Lipinski definition) is 5. The molecule has 72 valence electrons. The Hall–Kier alpha value is -0.920. The van der Waals surface area contributed by atoms with E-state index in [2.05, 4.69) is 9.88 Å². The zero-order valence-corrected chi connectivity index (χ0v) is 8.39. The molecule has 0 aliphatic rings. The zero-order chi connectivity index (χ0) is 9.90. The van der Waals surface area contributed by atoms with Crippen LogP contribution in [0.2, 0.25) is 0 Å². The average molecular weight is 220 g/mol. The summed E-state index contributed by atoms with van der Waals surface area (Å²) in [4.78, 5) is 0. The topological polar surface area (TPSA) is 78.8 Å². The molecule has 1 rings (SSSR count). The maximum absolute atomic E-state index is 11.3. The normalized spacial score (nSPS) is 12.4. The summed E-state index contributed by atoms with van der Waals surface area (Å²) in [7, 11) is -2.11. The van der Waals surface area contributed by atoms with Gasteiger partial charge in [-0.1, -0.05) is 5.16 Å². The summed E-state index contributed by atoms with van der Waals surface area (Å²) >= 11 is 1.07. The fourth-order valence-electron chi connectivity index (χ4n) is 0.774. The van der Waals surface area contributed by atoms with Crippen LogP contribution in [-0.4, -0.2) is 26.9 Å². The second-order valence-electron chi connectivity index (χ2n) is 2.12. The van der Waals surface area contributed by atoms with Crippen LogP contribution in [0.25, 0.3) is 0 Å². The molecular weight excluding hydrogens is 212 g/mol. The Kier molecular flexibility index (Phi) is 3.02. The van der Waals surface area contributed by atoms with Crippen LogP contribution >= 0.6 is 11.3 Å². The van der Waals surface area contributed by atoms with Crippen molar-refractivity contribution >= 4 is 27.6 Å². The van der Waals surface area contributed by atoms with E-state index in [0.717, 1.165) is 17.6 Å². The summed E-state index contributed by atoms with van der Waals surface area (Å²) in [5.41, 5.74) is 0.377. The lowest BCUT2D eigenvalue weighted by Gasteiger charge is -1.98. The van der Waals surface area contributed by atoms with Gasteiger partial charge in [0.2, 0.25) is 10.0 Å². The fraction of sp³-hybridized carbons (Fsp3) is 0.167. The molecule has 0 bridgehead atoms. The number of rotatable bonds is 3. The molecule has 0 radical (unpaired) electrons. The molecule has 0 amide bonds. The molecule has 13 heavy (non-hydrogen) atoms. The van der Waals surface area contributed by atoms with Gasteiger partial charge in [0, 0.05) is 5.56 Å². The lowest BCUT2D eigenvalue weighted by atomic mass is 10.4. The molecule has 0 fully saturated rings. The van der Waals surface area contributed by atoms with Gasteiger partial charge in [0.1, 0.15) is 4.21 Å². The van der Waals surface area contributed by atoms with Crippen LogP contribution < -0.4 is 4.72 Å². The Morgan fingerprint density at radius 1 is 1.69 bits per heavy atom. The summed E-state index contributed by atoms with van der Waals surface area (Å²) in [5, 5.41) is 12.6. The molecule has 7 heteroatoms. The number of hydrogen-bond donors (Lipinski definition) is 2. The van der Waals surface area contributed by atoms with Gasteiger partial charge in [-0.15, -0.1) is 11.3 Å². The van der Waals surface area contributed by atoms with Gasteiger partial charge >= 0.3 is 0 Å². The highest BCUT2D eigenvalue weighted by Gasteiger charge is 2.16. The molecule has 5 nitrogen and oxygen atoms in total. The van der Waals surface area contributed by atoms with Gasteiger partial charge in [-0.25, -0.2) is 13.1 Å². The van der Waals surface area contributed by atoms with Crippen molar-refractivity contribution in [3.8, 4) is 0 Å². The monoisotopic (exact) mass is 220 g/mol. The maximum atomic E-state index is 11.3. The van der Waals surface area contributed by atoms with Crippen molar-refractivity contribution < 1.29 is 13.6 Å². The Bertz CT molecular complexity index is 407. The van der Waals surface area contributed by atoms with Crippen LogP contribution in [0.1, 0.15) is 5.56 Å². The SMILES string of the molecule is CNS(=O)(=O)c1sccc1/C=N\O. The standard InChI is InChI=1S/C6H8N2O3S2/c1-7-13(10,11)6-5(4-8-9)2-3-12-6/h2-4,7,9H,1H3/b8-4-. The summed E-state index contributed by atoms with van der Waals surface area (Å²) in [6, 6.07) is 1.56. The molecule has 0 aromatic carbocycles. The number of nitrogens with zero attached hydrogens (tertiary/aromatic N) is 1. The second kappa shape index (κ2) is 3.86. The van der Waals surface area contributed by atoms with Crippen molar-refractivity contribution in [3.63, 3.8) is 0 Å². The third-order valence-corrected chi connectivity index (χ3v) is 4.30. The highest BCUT2D eigenvalue weighted by atomic mass is 32.2. The van der Waals surface area contributed by atoms with Crippen LogP contribution in [-0.2, 0) is 10.0 Å². The molecular formula is C6H8N2O3S2. The highest BCUT2D eigenvalue weighted by Crippen LogP contribution is 2.20. The van der Waals surface area contributed by atoms with E-state index in [-0.39, 0.29) is 4.21 Å². The van der Waals surface area contributed by atoms with Crippen molar-refractivity contribution in [3.05, 3.63) is 17.0 Å². The van der Waals surface area contributed by atoms with Crippen LogP contribution in [0, 0.1) is 0 Å². The van der Waals surface area contributed by atoms with Gasteiger partial charge in [-0.3, -0.25) is 0 Å². The summed E-state index contributed by atoms with van der Waals surface area (Å²) in [5.74, 6) is 0. The number of nitrogens with one attached hydrogen (secondary N) is 1. The van der Waals surface area contributed by atoms with Gasteiger partial charge in [-0.05, 0) is 18.5 Å². The van der Waals surface area contributed by atoms with Gasteiger partial charge in [0.05, 0.1) is 6.21 Å². The molecule has 1 aromatic heterocycles. The van der Waals surface area contributed by atoms with Crippen molar-refractivity contribution in [2.24, 2.45) is 5.16 Å². The first-order chi connectivity index (χ1) is 6.11. The van der Waals surface area contributed by atoms with Crippen LogP contribution in [0.15, 0.2) is 20.8 Å².